The van der Waals surface area contributed by atoms with Gasteiger partial charge in [-0.15, -0.1) is 0 Å². The molecule has 0 heterocycles. The molecule has 0 fully saturated rings. The maximum Gasteiger partial charge on any atom is 0.133 e. The minimum Gasteiger partial charge on any atom is -0.492 e. The van der Waals surface area contributed by atoms with Crippen LogP contribution in [0.1, 0.15) is 24.3 Å². The molecule has 0 aliphatic rings. The Bertz CT molecular complexity index is 619. The predicted octanol–water partition coefficient (Wildman–Crippen LogP) is 5.69. The van der Waals surface area contributed by atoms with Crippen LogP contribution in [0.5, 0.6) is 5.75 Å². The van der Waals surface area contributed by atoms with Gasteiger partial charge >= 0.3 is 0 Å². The maximum absolute atomic E-state index is 9.59. The quantitative estimate of drug-likeness (QED) is 0.601. The Morgan fingerprint density at radius 1 is 1.14 bits per heavy atom. The van der Waals surface area contributed by atoms with Gasteiger partial charge in [0.1, 0.15) is 5.75 Å². The summed E-state index contributed by atoms with van der Waals surface area (Å²) in [5.41, 5.74) is 0.925. The van der Waals surface area contributed by atoms with E-state index < -0.39 is 0 Å². The molecule has 0 aromatic heterocycles. The minimum absolute atomic E-state index is 0.00687. The molecule has 118 valence electrons. The van der Waals surface area contributed by atoms with Gasteiger partial charge in [0.15, 0.2) is 0 Å². The van der Waals surface area contributed by atoms with Crippen molar-refractivity contribution in [3.8, 4) is 5.75 Å². The first-order valence-corrected chi connectivity index (χ1v) is 8.60. The Hall–Kier alpha value is -0.740. The highest BCUT2D eigenvalue weighted by Gasteiger charge is 2.14. The van der Waals surface area contributed by atoms with Gasteiger partial charge in [0.25, 0.3) is 0 Å². The van der Waals surface area contributed by atoms with Crippen molar-refractivity contribution in [1.82, 2.24) is 0 Å². The fourth-order valence-electron chi connectivity index (χ4n) is 2.25. The second-order valence-corrected chi connectivity index (χ2v) is 6.66. The van der Waals surface area contributed by atoms with Crippen molar-refractivity contribution in [2.45, 2.75) is 18.8 Å². The van der Waals surface area contributed by atoms with Gasteiger partial charge in [0.05, 0.1) is 11.1 Å². The highest BCUT2D eigenvalue weighted by molar-refractivity contribution is 9.10. The molecule has 1 unspecified atom stereocenters. The molecular weight excluding hydrogens is 387 g/mol. The van der Waals surface area contributed by atoms with Gasteiger partial charge < -0.3 is 9.84 Å². The van der Waals surface area contributed by atoms with Crippen molar-refractivity contribution in [3.63, 3.8) is 0 Å². The fourth-order valence-corrected chi connectivity index (χ4v) is 3.21. The number of para-hydroxylation sites is 1. The average Bonchev–Trinajstić information content (AvgIpc) is 2.50. The van der Waals surface area contributed by atoms with Crippen LogP contribution in [0.15, 0.2) is 46.9 Å². The van der Waals surface area contributed by atoms with E-state index in [0.29, 0.717) is 16.7 Å². The van der Waals surface area contributed by atoms with Crippen LogP contribution in [0.25, 0.3) is 0 Å². The van der Waals surface area contributed by atoms with Gasteiger partial charge in [-0.1, -0.05) is 41.4 Å². The van der Waals surface area contributed by atoms with Crippen LogP contribution in [0.3, 0.4) is 0 Å². The molecule has 0 saturated heterocycles. The lowest BCUT2D eigenvalue weighted by Crippen LogP contribution is -2.08. The Kier molecular flexibility index (Phi) is 7.03. The minimum atomic E-state index is -0.00687. The molecule has 0 radical (unpaired) electrons. The Balaban J connectivity index is 1.88. The summed E-state index contributed by atoms with van der Waals surface area (Å²) in [6, 6.07) is 13.1. The molecule has 2 rings (SSSR count). The lowest BCUT2D eigenvalue weighted by Gasteiger charge is -2.16. The molecule has 5 heteroatoms. The summed E-state index contributed by atoms with van der Waals surface area (Å²) < 4.78 is 6.67. The van der Waals surface area contributed by atoms with E-state index in [4.69, 9.17) is 27.9 Å². The summed E-state index contributed by atoms with van der Waals surface area (Å²) in [5.74, 6) is 0.820. The van der Waals surface area contributed by atoms with E-state index in [1.807, 2.05) is 30.3 Å². The summed E-state index contributed by atoms with van der Waals surface area (Å²) in [6.45, 7) is 0.640. The normalized spacial score (nSPS) is 12.2. The van der Waals surface area contributed by atoms with E-state index in [2.05, 4.69) is 15.9 Å². The molecule has 2 nitrogen and oxygen atoms in total. The highest BCUT2D eigenvalue weighted by Crippen LogP contribution is 2.30. The molecule has 0 saturated carbocycles. The maximum atomic E-state index is 9.59. The summed E-state index contributed by atoms with van der Waals surface area (Å²) in [6.07, 6.45) is 1.62. The molecule has 1 N–H and O–H groups in total. The van der Waals surface area contributed by atoms with Gasteiger partial charge in [-0.05, 0) is 58.6 Å². The van der Waals surface area contributed by atoms with Crippen molar-refractivity contribution in [2.24, 2.45) is 0 Å². The van der Waals surface area contributed by atoms with E-state index >= 15 is 0 Å². The van der Waals surface area contributed by atoms with Crippen LogP contribution in [-0.2, 0) is 0 Å². The predicted molar refractivity (Wildman–Crippen MR) is 95.2 cm³/mol. The fraction of sp³-hybridized carbons (Fsp3) is 0.294. The van der Waals surface area contributed by atoms with Crippen LogP contribution >= 0.6 is 39.1 Å². The smallest absolute Gasteiger partial charge is 0.133 e. The molecule has 22 heavy (non-hydrogen) atoms. The van der Waals surface area contributed by atoms with Crippen LogP contribution in [0.4, 0.5) is 0 Å². The number of aliphatic hydroxyl groups is 1. The van der Waals surface area contributed by atoms with Crippen LogP contribution in [0.2, 0.25) is 10.0 Å². The van der Waals surface area contributed by atoms with Gasteiger partial charge in [0.2, 0.25) is 0 Å². The Morgan fingerprint density at radius 2 is 1.91 bits per heavy atom. The first kappa shape index (κ1) is 17.6. The highest BCUT2D eigenvalue weighted by atomic mass is 79.9. The molecule has 2 aromatic carbocycles. The van der Waals surface area contributed by atoms with Crippen molar-refractivity contribution in [2.75, 3.05) is 13.2 Å². The van der Waals surface area contributed by atoms with Crippen LogP contribution < -0.4 is 4.74 Å². The van der Waals surface area contributed by atoms with Gasteiger partial charge in [-0.3, -0.25) is 0 Å². The summed E-state index contributed by atoms with van der Waals surface area (Å²) in [5, 5.41) is 10.8. The number of hydrogen-bond donors (Lipinski definition) is 1. The molecular formula is C17H17BrCl2O2. The third kappa shape index (κ3) is 4.88. The van der Waals surface area contributed by atoms with Crippen molar-refractivity contribution < 1.29 is 9.84 Å². The van der Waals surface area contributed by atoms with Gasteiger partial charge in [-0.2, -0.15) is 0 Å². The number of hydrogen-bond acceptors (Lipinski definition) is 2. The number of halogens is 3. The first-order chi connectivity index (χ1) is 10.6. The Labute approximate surface area is 149 Å². The van der Waals surface area contributed by atoms with Crippen molar-refractivity contribution >= 4 is 39.1 Å². The standard InChI is InChI=1S/C17H17BrCl2O2/c18-15-5-1-2-6-17(15)22-9-3-4-12(11-21)14-8-7-13(19)10-16(14)20/h1-2,5-8,10,12,21H,3-4,9,11H2. The Morgan fingerprint density at radius 3 is 2.59 bits per heavy atom. The van der Waals surface area contributed by atoms with E-state index in [9.17, 15) is 5.11 Å². The lowest BCUT2D eigenvalue weighted by atomic mass is 9.95. The topological polar surface area (TPSA) is 29.5 Å². The first-order valence-electron chi connectivity index (χ1n) is 7.05. The lowest BCUT2D eigenvalue weighted by molar-refractivity contribution is 0.243. The van der Waals surface area contributed by atoms with Crippen molar-refractivity contribution in [3.05, 3.63) is 62.5 Å². The monoisotopic (exact) mass is 402 g/mol. The van der Waals surface area contributed by atoms with Gasteiger partial charge in [-0.25, -0.2) is 0 Å². The summed E-state index contributed by atoms with van der Waals surface area (Å²) >= 11 is 15.6. The molecule has 0 aliphatic heterocycles. The zero-order valence-corrected chi connectivity index (χ0v) is 15.0. The number of rotatable bonds is 7. The van der Waals surface area contributed by atoms with E-state index in [1.54, 1.807) is 12.1 Å². The van der Waals surface area contributed by atoms with Crippen LogP contribution in [-0.4, -0.2) is 18.3 Å². The molecule has 0 spiro atoms. The second-order valence-electron chi connectivity index (χ2n) is 4.97. The van der Waals surface area contributed by atoms with Gasteiger partial charge in [0, 0.05) is 22.6 Å². The molecule has 2 aromatic rings. The zero-order chi connectivity index (χ0) is 15.9. The molecule has 1 atom stereocenters. The zero-order valence-electron chi connectivity index (χ0n) is 11.9. The average molecular weight is 404 g/mol. The molecule has 0 amide bonds. The molecule has 0 bridgehead atoms. The SMILES string of the molecule is OCC(CCCOc1ccccc1Br)c1ccc(Cl)cc1Cl. The van der Waals surface area contributed by atoms with Crippen LogP contribution in [0, 0.1) is 0 Å². The number of ether oxygens (including phenoxy) is 1. The van der Waals surface area contributed by atoms with E-state index in [1.165, 1.54) is 0 Å². The summed E-state index contributed by atoms with van der Waals surface area (Å²) in [7, 11) is 0. The van der Waals surface area contributed by atoms with Crippen molar-refractivity contribution in [1.29, 1.82) is 0 Å². The largest absolute Gasteiger partial charge is 0.492 e. The van der Waals surface area contributed by atoms with E-state index in [-0.39, 0.29) is 12.5 Å². The van der Waals surface area contributed by atoms with E-state index in [0.717, 1.165) is 28.6 Å². The second kappa shape index (κ2) is 8.78. The summed E-state index contributed by atoms with van der Waals surface area (Å²) in [4.78, 5) is 0. The molecule has 0 aliphatic carbocycles. The number of aliphatic hydroxyl groups excluding tert-OH is 1. The third-order valence-corrected chi connectivity index (χ3v) is 4.63. The third-order valence-electron chi connectivity index (χ3n) is 3.41. The number of benzene rings is 2.